The molecule has 0 aromatic heterocycles. The second-order valence-electron chi connectivity index (χ2n) is 12.3. The standard InChI is InChI=1S/C33H46F3N3O7S/c1-22-9-12-27(13-10-22)47(43,44)38(5)20-30-23(2)19-39(24(3)21-40)32(42)28-18-26(37-31(41)15-16-33(34,35)36)11-14-29(28)46-25(4)8-6-7-17-45-30/h9-14,18,23-25,30,40H,6-8,15-17,19-21H2,1-5H3,(H,37,41)/t23-,24+,25+,30-/m1/s1. The Kier molecular flexibility index (Phi) is 13.6. The molecule has 0 saturated carbocycles. The number of rotatable bonds is 9. The van der Waals surface area contributed by atoms with Gasteiger partial charge in [-0.15, -0.1) is 0 Å². The van der Waals surface area contributed by atoms with E-state index in [4.69, 9.17) is 9.47 Å². The van der Waals surface area contributed by atoms with Crippen LogP contribution in [0.4, 0.5) is 18.9 Å². The van der Waals surface area contributed by atoms with Gasteiger partial charge in [-0.3, -0.25) is 9.59 Å². The number of aliphatic hydroxyl groups excluding tert-OH is 1. The number of carbonyl (C=O) groups is 2. The van der Waals surface area contributed by atoms with E-state index >= 15 is 0 Å². The number of fused-ring (bicyclic) bond motifs is 1. The van der Waals surface area contributed by atoms with Crippen LogP contribution in [-0.4, -0.2) is 92.3 Å². The van der Waals surface area contributed by atoms with Crippen LogP contribution >= 0.6 is 0 Å². The molecule has 0 radical (unpaired) electrons. The average Bonchev–Trinajstić information content (AvgIpc) is 3.01. The van der Waals surface area contributed by atoms with Crippen molar-refractivity contribution in [2.75, 3.05) is 38.7 Å². The molecule has 1 heterocycles. The minimum atomic E-state index is -4.49. The van der Waals surface area contributed by atoms with Crippen molar-refractivity contribution in [3.8, 4) is 5.75 Å². The highest BCUT2D eigenvalue weighted by Gasteiger charge is 2.33. The molecule has 0 fully saturated rings. The van der Waals surface area contributed by atoms with Gasteiger partial charge in [0.2, 0.25) is 15.9 Å². The first-order valence-electron chi connectivity index (χ1n) is 15.8. The molecule has 262 valence electrons. The van der Waals surface area contributed by atoms with Gasteiger partial charge >= 0.3 is 6.18 Å². The lowest BCUT2D eigenvalue weighted by Crippen LogP contribution is -2.48. The zero-order valence-corrected chi connectivity index (χ0v) is 28.4. The zero-order chi connectivity index (χ0) is 34.9. The van der Waals surface area contributed by atoms with Gasteiger partial charge in [0.15, 0.2) is 0 Å². The number of carbonyl (C=O) groups excluding carboxylic acids is 2. The van der Waals surface area contributed by atoms with Gasteiger partial charge in [0.25, 0.3) is 5.91 Å². The fourth-order valence-electron chi connectivity index (χ4n) is 5.18. The third-order valence-corrected chi connectivity index (χ3v) is 9.97. The predicted octanol–water partition coefficient (Wildman–Crippen LogP) is 5.39. The average molecular weight is 686 g/mol. The Labute approximate surface area is 275 Å². The summed E-state index contributed by atoms with van der Waals surface area (Å²) in [6.45, 7) is 7.26. The first-order valence-corrected chi connectivity index (χ1v) is 17.2. The van der Waals surface area contributed by atoms with Gasteiger partial charge in [-0.1, -0.05) is 24.6 Å². The number of hydrogen-bond donors (Lipinski definition) is 2. The number of amides is 2. The van der Waals surface area contributed by atoms with Gasteiger partial charge in [-0.25, -0.2) is 8.42 Å². The van der Waals surface area contributed by atoms with Crippen LogP contribution in [0.3, 0.4) is 0 Å². The Balaban J connectivity index is 1.94. The molecule has 0 unspecified atom stereocenters. The van der Waals surface area contributed by atoms with Gasteiger partial charge in [-0.2, -0.15) is 17.5 Å². The largest absolute Gasteiger partial charge is 0.490 e. The van der Waals surface area contributed by atoms with Gasteiger partial charge in [0, 0.05) is 44.8 Å². The molecular weight excluding hydrogens is 639 g/mol. The molecule has 47 heavy (non-hydrogen) atoms. The van der Waals surface area contributed by atoms with E-state index < -0.39 is 58.9 Å². The highest BCUT2D eigenvalue weighted by molar-refractivity contribution is 7.89. The molecule has 4 atom stereocenters. The summed E-state index contributed by atoms with van der Waals surface area (Å²) in [4.78, 5) is 28.0. The molecule has 10 nitrogen and oxygen atoms in total. The smallest absolute Gasteiger partial charge is 0.389 e. The lowest BCUT2D eigenvalue weighted by molar-refractivity contribution is -0.142. The van der Waals surface area contributed by atoms with Gasteiger partial charge < -0.3 is 24.8 Å². The lowest BCUT2D eigenvalue weighted by Gasteiger charge is -2.35. The molecular formula is C33H46F3N3O7S. The van der Waals surface area contributed by atoms with Gasteiger partial charge in [0.1, 0.15) is 5.75 Å². The van der Waals surface area contributed by atoms with E-state index in [0.717, 1.165) is 12.0 Å². The molecule has 1 aliphatic heterocycles. The van der Waals surface area contributed by atoms with Crippen molar-refractivity contribution in [2.24, 2.45) is 5.92 Å². The first-order chi connectivity index (χ1) is 22.0. The number of ether oxygens (including phenoxy) is 2. The number of nitrogens with zero attached hydrogens (tertiary/aromatic N) is 2. The molecule has 2 aromatic carbocycles. The van der Waals surface area contributed by atoms with Crippen LogP contribution in [-0.2, 0) is 19.6 Å². The molecule has 0 bridgehead atoms. The van der Waals surface area contributed by atoms with Crippen molar-refractivity contribution >= 4 is 27.5 Å². The van der Waals surface area contributed by atoms with E-state index in [1.807, 2.05) is 20.8 Å². The molecule has 2 aromatic rings. The molecule has 1 aliphatic rings. The maximum Gasteiger partial charge on any atom is 0.389 e. The Morgan fingerprint density at radius 3 is 2.47 bits per heavy atom. The molecule has 3 rings (SSSR count). The highest BCUT2D eigenvalue weighted by Crippen LogP contribution is 2.29. The first kappa shape index (κ1) is 38.2. The van der Waals surface area contributed by atoms with Crippen LogP contribution < -0.4 is 10.1 Å². The Morgan fingerprint density at radius 1 is 1.15 bits per heavy atom. The Morgan fingerprint density at radius 2 is 1.83 bits per heavy atom. The number of anilines is 1. The van der Waals surface area contributed by atoms with Gasteiger partial charge in [0.05, 0.1) is 41.7 Å². The Bertz CT molecular complexity index is 1450. The minimum absolute atomic E-state index is 0.0110. The van der Waals surface area contributed by atoms with Crippen molar-refractivity contribution in [1.29, 1.82) is 0 Å². The predicted molar refractivity (Wildman–Crippen MR) is 172 cm³/mol. The molecule has 2 N–H and O–H groups in total. The Hall–Kier alpha value is -3.20. The summed E-state index contributed by atoms with van der Waals surface area (Å²) in [5, 5.41) is 12.6. The maximum atomic E-state index is 14.2. The SMILES string of the molecule is Cc1ccc(S(=O)(=O)N(C)C[C@H]2OCCCC[C@H](C)Oc3ccc(NC(=O)CCC(F)(F)F)cc3C(=O)N([C@@H](C)CO)C[C@H]2C)cc1. The van der Waals surface area contributed by atoms with Crippen LogP contribution in [0.1, 0.15) is 68.8 Å². The highest BCUT2D eigenvalue weighted by atomic mass is 32.2. The van der Waals surface area contributed by atoms with Crippen LogP contribution in [0.2, 0.25) is 0 Å². The summed E-state index contributed by atoms with van der Waals surface area (Å²) in [6, 6.07) is 10.2. The van der Waals surface area contributed by atoms with E-state index in [2.05, 4.69) is 5.32 Å². The fourth-order valence-corrected chi connectivity index (χ4v) is 6.37. The summed E-state index contributed by atoms with van der Waals surface area (Å²) in [7, 11) is -2.36. The second-order valence-corrected chi connectivity index (χ2v) is 14.3. The summed E-state index contributed by atoms with van der Waals surface area (Å²) in [5.41, 5.74) is 1.11. The van der Waals surface area contributed by atoms with Crippen molar-refractivity contribution < 1.29 is 45.8 Å². The van der Waals surface area contributed by atoms with E-state index in [1.54, 1.807) is 31.2 Å². The van der Waals surface area contributed by atoms with Crippen LogP contribution in [0.25, 0.3) is 0 Å². The number of benzene rings is 2. The number of hydrogen-bond acceptors (Lipinski definition) is 7. The monoisotopic (exact) mass is 685 g/mol. The number of likely N-dealkylation sites (N-methyl/N-ethyl adjacent to an activating group) is 1. The van der Waals surface area contributed by atoms with E-state index in [-0.39, 0.29) is 47.7 Å². The van der Waals surface area contributed by atoms with Gasteiger partial charge in [-0.05, 0) is 70.4 Å². The number of halogens is 3. The van der Waals surface area contributed by atoms with Crippen LogP contribution in [0.5, 0.6) is 5.75 Å². The molecule has 0 spiro atoms. The van der Waals surface area contributed by atoms with Crippen molar-refractivity contribution in [3.63, 3.8) is 0 Å². The van der Waals surface area contributed by atoms with Crippen molar-refractivity contribution in [1.82, 2.24) is 9.21 Å². The summed E-state index contributed by atoms with van der Waals surface area (Å²) >= 11 is 0. The number of sulfonamides is 1. The van der Waals surface area contributed by atoms with Crippen molar-refractivity contribution in [2.45, 2.75) is 89.1 Å². The summed E-state index contributed by atoms with van der Waals surface area (Å²) in [5.74, 6) is -1.57. The zero-order valence-electron chi connectivity index (χ0n) is 27.5. The molecule has 0 saturated heterocycles. The fraction of sp³-hybridized carbons (Fsp3) is 0.576. The number of nitrogens with one attached hydrogen (secondary N) is 1. The lowest BCUT2D eigenvalue weighted by atomic mass is 10.0. The maximum absolute atomic E-state index is 14.2. The summed E-state index contributed by atoms with van der Waals surface area (Å²) < 4.78 is 78.4. The minimum Gasteiger partial charge on any atom is -0.490 e. The third-order valence-electron chi connectivity index (χ3n) is 8.14. The molecule has 2 amide bonds. The van der Waals surface area contributed by atoms with E-state index in [0.29, 0.717) is 19.4 Å². The molecule has 14 heteroatoms. The van der Waals surface area contributed by atoms with E-state index in [9.17, 15) is 36.3 Å². The third kappa shape index (κ3) is 11.2. The number of aryl methyl sites for hydroxylation is 1. The second kappa shape index (κ2) is 16.8. The number of aliphatic hydroxyl groups is 1. The topological polar surface area (TPSA) is 125 Å². The number of alkyl halides is 3. The summed E-state index contributed by atoms with van der Waals surface area (Å²) in [6.07, 6.45) is -5.46. The van der Waals surface area contributed by atoms with Crippen LogP contribution in [0.15, 0.2) is 47.4 Å². The van der Waals surface area contributed by atoms with Crippen LogP contribution in [0, 0.1) is 12.8 Å². The normalized spacial score (nSPS) is 21.0. The van der Waals surface area contributed by atoms with E-state index in [1.165, 1.54) is 34.5 Å². The van der Waals surface area contributed by atoms with Crippen molar-refractivity contribution in [3.05, 3.63) is 53.6 Å². The molecule has 0 aliphatic carbocycles. The quantitative estimate of drug-likeness (QED) is 0.363.